The Morgan fingerprint density at radius 2 is 1.79 bits per heavy atom. The van der Waals surface area contributed by atoms with Crippen LogP contribution in [-0.4, -0.2) is 18.6 Å². The summed E-state index contributed by atoms with van der Waals surface area (Å²) in [7, 11) is 1.46. The Bertz CT molecular complexity index is 1240. The van der Waals surface area contributed by atoms with E-state index in [-0.39, 0.29) is 23.2 Å². The lowest BCUT2D eigenvalue weighted by Crippen LogP contribution is -2.11. The van der Waals surface area contributed by atoms with Crippen LogP contribution in [0.25, 0.3) is 6.08 Å². The molecular weight excluding hydrogens is 434 g/mol. The SMILES string of the molecule is COc1cc(=O)c(C)c([C@H]2C/C(=C/C(C)=C/C(C)=C/C(C)=C/c3ccc([N+](=O)[O-])cc3)CO2)o1. The highest BCUT2D eigenvalue weighted by Crippen LogP contribution is 2.35. The molecule has 3 rings (SSSR count). The van der Waals surface area contributed by atoms with E-state index in [1.54, 1.807) is 19.1 Å². The fraction of sp³-hybridized carbons (Fsp3) is 0.296. The number of nitrogens with zero attached hydrogens (tertiary/aromatic N) is 1. The molecule has 2 heterocycles. The Labute approximate surface area is 198 Å². The van der Waals surface area contributed by atoms with Gasteiger partial charge in [0.15, 0.2) is 5.43 Å². The van der Waals surface area contributed by atoms with Crippen molar-refractivity contribution in [2.75, 3.05) is 13.7 Å². The minimum Gasteiger partial charge on any atom is -0.468 e. The number of allylic oxidation sites excluding steroid dienone is 6. The third-order valence-electron chi connectivity index (χ3n) is 5.45. The normalized spacial score (nSPS) is 18.4. The van der Waals surface area contributed by atoms with Gasteiger partial charge in [0.05, 0.1) is 24.7 Å². The standard InChI is InChI=1S/C27H29NO6/c1-17(10-18(2)12-21-6-8-23(9-7-21)28(30)31)11-19(3)13-22-14-25(33-16-22)27-20(4)24(29)15-26(32-5)34-27/h6-13,15,25H,14,16H2,1-5H3/b17-10+,18-12+,19-11+,22-13-/t25-/m1/s1. The number of non-ortho nitro benzene ring substituents is 1. The predicted octanol–water partition coefficient (Wildman–Crippen LogP) is 6.25. The number of hydrogen-bond acceptors (Lipinski definition) is 6. The van der Waals surface area contributed by atoms with Crippen LogP contribution in [-0.2, 0) is 4.74 Å². The van der Waals surface area contributed by atoms with Gasteiger partial charge in [0.1, 0.15) is 11.9 Å². The monoisotopic (exact) mass is 463 g/mol. The molecule has 0 bridgehead atoms. The predicted molar refractivity (Wildman–Crippen MR) is 132 cm³/mol. The zero-order chi connectivity index (χ0) is 24.8. The van der Waals surface area contributed by atoms with Gasteiger partial charge < -0.3 is 13.9 Å². The molecule has 1 fully saturated rings. The summed E-state index contributed by atoms with van der Waals surface area (Å²) in [4.78, 5) is 22.5. The van der Waals surface area contributed by atoms with E-state index in [1.165, 1.54) is 25.3 Å². The molecule has 0 N–H and O–H groups in total. The molecule has 0 radical (unpaired) electrons. The Balaban J connectivity index is 1.70. The highest BCUT2D eigenvalue weighted by molar-refractivity contribution is 5.57. The van der Waals surface area contributed by atoms with Gasteiger partial charge in [0, 0.05) is 24.1 Å². The number of benzene rings is 1. The third-order valence-corrected chi connectivity index (χ3v) is 5.45. The maximum Gasteiger partial charge on any atom is 0.288 e. The van der Waals surface area contributed by atoms with Crippen molar-refractivity contribution < 1.29 is 18.8 Å². The number of methoxy groups -OCH3 is 1. The van der Waals surface area contributed by atoms with Crippen molar-refractivity contribution in [3.05, 3.63) is 108 Å². The molecule has 0 saturated carbocycles. The molecule has 1 aromatic carbocycles. The van der Waals surface area contributed by atoms with Gasteiger partial charge >= 0.3 is 0 Å². The van der Waals surface area contributed by atoms with Gasteiger partial charge in [-0.1, -0.05) is 41.0 Å². The van der Waals surface area contributed by atoms with Crippen molar-refractivity contribution >= 4 is 11.8 Å². The van der Waals surface area contributed by atoms with Gasteiger partial charge in [-0.05, 0) is 51.0 Å². The molecule has 1 atom stereocenters. The summed E-state index contributed by atoms with van der Waals surface area (Å²) in [6, 6.07) is 7.81. The second-order valence-corrected chi connectivity index (χ2v) is 8.44. The second kappa shape index (κ2) is 10.9. The molecule has 0 aliphatic carbocycles. The fourth-order valence-corrected chi connectivity index (χ4v) is 3.91. The summed E-state index contributed by atoms with van der Waals surface area (Å²) < 4.78 is 16.7. The van der Waals surface area contributed by atoms with E-state index in [0.717, 1.165) is 27.9 Å². The van der Waals surface area contributed by atoms with Crippen molar-refractivity contribution in [2.45, 2.75) is 40.2 Å². The summed E-state index contributed by atoms with van der Waals surface area (Å²) in [5.74, 6) is 0.693. The Kier molecular flexibility index (Phi) is 8.02. The molecule has 1 aromatic heterocycles. The molecule has 0 amide bonds. The van der Waals surface area contributed by atoms with Crippen LogP contribution in [0.15, 0.2) is 80.1 Å². The van der Waals surface area contributed by atoms with Gasteiger partial charge in [-0.2, -0.15) is 0 Å². The van der Waals surface area contributed by atoms with E-state index in [4.69, 9.17) is 13.9 Å². The Morgan fingerprint density at radius 3 is 2.44 bits per heavy atom. The highest BCUT2D eigenvalue weighted by atomic mass is 16.6. The molecule has 7 heteroatoms. The van der Waals surface area contributed by atoms with Gasteiger partial charge in [-0.3, -0.25) is 14.9 Å². The molecule has 0 spiro atoms. The summed E-state index contributed by atoms with van der Waals surface area (Å²) >= 11 is 0. The summed E-state index contributed by atoms with van der Waals surface area (Å²) in [6.07, 6.45) is 8.56. The number of nitro benzene ring substituents is 1. The smallest absolute Gasteiger partial charge is 0.288 e. The molecule has 1 aliphatic heterocycles. The van der Waals surface area contributed by atoms with Crippen LogP contribution < -0.4 is 10.2 Å². The van der Waals surface area contributed by atoms with Crippen molar-refractivity contribution in [2.24, 2.45) is 0 Å². The minimum atomic E-state index is -0.405. The first-order chi connectivity index (χ1) is 16.2. The maximum absolute atomic E-state index is 12.1. The van der Waals surface area contributed by atoms with Crippen LogP contribution >= 0.6 is 0 Å². The zero-order valence-electron chi connectivity index (χ0n) is 20.1. The zero-order valence-corrected chi connectivity index (χ0v) is 20.1. The Hall–Kier alpha value is -3.71. The first kappa shape index (κ1) is 24.9. The third kappa shape index (κ3) is 6.42. The van der Waals surface area contributed by atoms with Crippen LogP contribution in [0.2, 0.25) is 0 Å². The highest BCUT2D eigenvalue weighted by Gasteiger charge is 2.27. The fourth-order valence-electron chi connectivity index (χ4n) is 3.91. The molecule has 7 nitrogen and oxygen atoms in total. The van der Waals surface area contributed by atoms with E-state index in [9.17, 15) is 14.9 Å². The first-order valence-corrected chi connectivity index (χ1v) is 11.0. The summed E-state index contributed by atoms with van der Waals surface area (Å²) in [6.45, 7) is 8.25. The molecule has 1 aliphatic rings. The van der Waals surface area contributed by atoms with E-state index in [1.807, 2.05) is 26.8 Å². The van der Waals surface area contributed by atoms with Gasteiger partial charge in [0.2, 0.25) is 0 Å². The lowest BCUT2D eigenvalue weighted by atomic mass is 10.0. The van der Waals surface area contributed by atoms with Gasteiger partial charge in [-0.15, -0.1) is 0 Å². The topological polar surface area (TPSA) is 91.8 Å². The average Bonchev–Trinajstić information content (AvgIpc) is 3.23. The maximum atomic E-state index is 12.1. The van der Waals surface area contributed by atoms with E-state index >= 15 is 0 Å². The van der Waals surface area contributed by atoms with Crippen molar-refractivity contribution in [3.8, 4) is 5.95 Å². The molecule has 178 valence electrons. The first-order valence-electron chi connectivity index (χ1n) is 11.0. The lowest BCUT2D eigenvalue weighted by molar-refractivity contribution is -0.384. The van der Waals surface area contributed by atoms with Crippen LogP contribution in [0, 0.1) is 17.0 Å². The van der Waals surface area contributed by atoms with Gasteiger partial charge in [0.25, 0.3) is 11.6 Å². The van der Waals surface area contributed by atoms with Crippen molar-refractivity contribution in [3.63, 3.8) is 0 Å². The molecule has 1 saturated heterocycles. The summed E-state index contributed by atoms with van der Waals surface area (Å²) in [5.41, 5.74) is 5.71. The molecule has 34 heavy (non-hydrogen) atoms. The van der Waals surface area contributed by atoms with E-state index < -0.39 is 4.92 Å². The van der Waals surface area contributed by atoms with Crippen LogP contribution in [0.4, 0.5) is 5.69 Å². The largest absolute Gasteiger partial charge is 0.468 e. The van der Waals surface area contributed by atoms with Crippen molar-refractivity contribution in [1.29, 1.82) is 0 Å². The second-order valence-electron chi connectivity index (χ2n) is 8.44. The van der Waals surface area contributed by atoms with Gasteiger partial charge in [-0.25, -0.2) is 0 Å². The van der Waals surface area contributed by atoms with Crippen LogP contribution in [0.1, 0.15) is 50.2 Å². The van der Waals surface area contributed by atoms with E-state index in [2.05, 4.69) is 18.2 Å². The summed E-state index contributed by atoms with van der Waals surface area (Å²) in [5, 5.41) is 10.8. The van der Waals surface area contributed by atoms with Crippen LogP contribution in [0.3, 0.4) is 0 Å². The minimum absolute atomic E-state index is 0.0787. The number of ether oxygens (including phenoxy) is 2. The van der Waals surface area contributed by atoms with E-state index in [0.29, 0.717) is 24.4 Å². The molecular formula is C27H29NO6. The number of rotatable bonds is 7. The molecule has 0 unspecified atom stereocenters. The quantitative estimate of drug-likeness (QED) is 0.274. The lowest BCUT2D eigenvalue weighted by Gasteiger charge is -2.11. The van der Waals surface area contributed by atoms with Crippen molar-refractivity contribution in [1.82, 2.24) is 0 Å². The number of nitro groups is 1. The average molecular weight is 464 g/mol. The van der Waals surface area contributed by atoms with Crippen LogP contribution in [0.5, 0.6) is 5.95 Å². The number of hydrogen-bond donors (Lipinski definition) is 0. The Morgan fingerprint density at radius 1 is 1.12 bits per heavy atom. The molecule has 2 aromatic rings.